The van der Waals surface area contributed by atoms with Gasteiger partial charge in [0.25, 0.3) is 5.91 Å². The number of hydrazine groups is 1. The first-order chi connectivity index (χ1) is 9.81. The van der Waals surface area contributed by atoms with Crippen molar-refractivity contribution in [1.29, 1.82) is 0 Å². The summed E-state index contributed by atoms with van der Waals surface area (Å²) < 4.78 is 43.5. The normalized spacial score (nSPS) is 11.3. The molecule has 0 radical (unpaired) electrons. The molecule has 0 aliphatic rings. The van der Waals surface area contributed by atoms with Gasteiger partial charge in [-0.3, -0.25) is 10.6 Å². The van der Waals surface area contributed by atoms with Gasteiger partial charge in [-0.15, -0.1) is 0 Å². The third-order valence-corrected chi connectivity index (χ3v) is 2.92. The van der Waals surface area contributed by atoms with Crippen molar-refractivity contribution in [2.45, 2.75) is 12.6 Å². The van der Waals surface area contributed by atoms with Gasteiger partial charge in [0, 0.05) is 32.9 Å². The van der Waals surface area contributed by atoms with Crippen molar-refractivity contribution in [1.82, 2.24) is 4.90 Å². The van der Waals surface area contributed by atoms with Crippen molar-refractivity contribution in [2.24, 2.45) is 5.84 Å². The van der Waals surface area contributed by atoms with Gasteiger partial charge in [0.1, 0.15) is 0 Å². The van der Waals surface area contributed by atoms with Crippen LogP contribution in [0, 0.1) is 0 Å². The highest BCUT2D eigenvalue weighted by Gasteiger charge is 2.34. The van der Waals surface area contributed by atoms with Gasteiger partial charge in [-0.25, -0.2) is 0 Å². The van der Waals surface area contributed by atoms with E-state index in [0.29, 0.717) is 19.6 Å². The Morgan fingerprint density at radius 2 is 2.10 bits per heavy atom. The summed E-state index contributed by atoms with van der Waals surface area (Å²) >= 11 is 0. The van der Waals surface area contributed by atoms with E-state index in [1.807, 2.05) is 5.43 Å². The van der Waals surface area contributed by atoms with E-state index in [4.69, 9.17) is 10.6 Å². The first-order valence-electron chi connectivity index (χ1n) is 6.23. The van der Waals surface area contributed by atoms with Crippen LogP contribution < -0.4 is 11.3 Å². The topological polar surface area (TPSA) is 67.6 Å². The Balaban J connectivity index is 2.95. The average Bonchev–Trinajstić information content (AvgIpc) is 2.45. The maximum Gasteiger partial charge on any atom is 0.418 e. The van der Waals surface area contributed by atoms with Crippen LogP contribution in [0.4, 0.5) is 18.9 Å². The van der Waals surface area contributed by atoms with Gasteiger partial charge in [-0.1, -0.05) is 0 Å². The molecule has 0 saturated carbocycles. The first kappa shape index (κ1) is 17.3. The number of nitrogen functional groups attached to an aromatic ring is 1. The van der Waals surface area contributed by atoms with Gasteiger partial charge >= 0.3 is 6.18 Å². The molecule has 1 aromatic carbocycles. The standard InChI is InChI=1S/C13H18F3N3O2/c1-19(6-3-7-21-2)12(20)9-4-5-11(18-17)10(8-9)13(14,15)16/h4-5,8,18H,3,6-7,17H2,1-2H3. The maximum absolute atomic E-state index is 12.9. The summed E-state index contributed by atoms with van der Waals surface area (Å²) in [5.74, 6) is 4.57. The summed E-state index contributed by atoms with van der Waals surface area (Å²) in [7, 11) is 3.07. The Morgan fingerprint density at radius 3 is 2.62 bits per heavy atom. The van der Waals surface area contributed by atoms with Crippen LogP contribution in [0.5, 0.6) is 0 Å². The highest BCUT2D eigenvalue weighted by molar-refractivity contribution is 5.94. The molecule has 0 aliphatic carbocycles. The van der Waals surface area contributed by atoms with E-state index in [0.717, 1.165) is 12.1 Å². The van der Waals surface area contributed by atoms with Crippen LogP contribution in [-0.4, -0.2) is 38.1 Å². The molecule has 8 heteroatoms. The lowest BCUT2D eigenvalue weighted by atomic mass is 10.1. The van der Waals surface area contributed by atoms with Crippen LogP contribution in [0.3, 0.4) is 0 Å². The number of nitrogens with one attached hydrogen (secondary N) is 1. The number of amides is 1. The molecular weight excluding hydrogens is 287 g/mol. The molecule has 0 bridgehead atoms. The van der Waals surface area contributed by atoms with Crippen molar-refractivity contribution in [3.8, 4) is 0 Å². The van der Waals surface area contributed by atoms with Gasteiger partial charge in [-0.05, 0) is 24.6 Å². The van der Waals surface area contributed by atoms with E-state index in [2.05, 4.69) is 0 Å². The Labute approximate surface area is 120 Å². The van der Waals surface area contributed by atoms with Crippen LogP contribution in [0.25, 0.3) is 0 Å². The van der Waals surface area contributed by atoms with Crippen LogP contribution in [0.15, 0.2) is 18.2 Å². The van der Waals surface area contributed by atoms with Crippen molar-refractivity contribution < 1.29 is 22.7 Å². The van der Waals surface area contributed by atoms with E-state index in [1.54, 1.807) is 0 Å². The van der Waals surface area contributed by atoms with Gasteiger partial charge < -0.3 is 15.1 Å². The number of nitrogens with two attached hydrogens (primary N) is 1. The molecule has 118 valence electrons. The lowest BCUT2D eigenvalue weighted by molar-refractivity contribution is -0.137. The van der Waals surface area contributed by atoms with Crippen molar-refractivity contribution in [3.63, 3.8) is 0 Å². The summed E-state index contributed by atoms with van der Waals surface area (Å²) in [6, 6.07) is 3.24. The predicted octanol–water partition coefficient (Wildman–Crippen LogP) is 2.10. The van der Waals surface area contributed by atoms with E-state index in [-0.39, 0.29) is 11.3 Å². The Kier molecular flexibility index (Phi) is 5.98. The highest BCUT2D eigenvalue weighted by Crippen LogP contribution is 2.35. The van der Waals surface area contributed by atoms with Crippen LogP contribution in [-0.2, 0) is 10.9 Å². The number of methoxy groups -OCH3 is 1. The molecule has 0 atom stereocenters. The fraction of sp³-hybridized carbons (Fsp3) is 0.462. The number of carbonyl (C=O) groups excluding carboxylic acids is 1. The minimum Gasteiger partial charge on any atom is -0.385 e. The predicted molar refractivity (Wildman–Crippen MR) is 72.7 cm³/mol. The minimum atomic E-state index is -4.59. The quantitative estimate of drug-likeness (QED) is 0.480. The van der Waals surface area contributed by atoms with E-state index in [1.165, 1.54) is 25.1 Å². The Morgan fingerprint density at radius 1 is 1.43 bits per heavy atom. The molecule has 1 amide bonds. The fourth-order valence-corrected chi connectivity index (χ4v) is 1.81. The fourth-order valence-electron chi connectivity index (χ4n) is 1.81. The SMILES string of the molecule is COCCCN(C)C(=O)c1ccc(NN)c(C(F)(F)F)c1. The number of halogens is 3. The number of nitrogens with zero attached hydrogens (tertiary/aromatic N) is 1. The third-order valence-electron chi connectivity index (χ3n) is 2.92. The van der Waals surface area contributed by atoms with Crippen LogP contribution >= 0.6 is 0 Å². The monoisotopic (exact) mass is 305 g/mol. The van der Waals surface area contributed by atoms with Gasteiger partial charge in [0.05, 0.1) is 11.3 Å². The molecule has 0 spiro atoms. The number of hydrogen-bond donors (Lipinski definition) is 2. The van der Waals surface area contributed by atoms with Gasteiger partial charge in [0.2, 0.25) is 0 Å². The summed E-state index contributed by atoms with van der Waals surface area (Å²) in [6.07, 6.45) is -3.99. The number of anilines is 1. The highest BCUT2D eigenvalue weighted by atomic mass is 19.4. The lowest BCUT2D eigenvalue weighted by Gasteiger charge is -2.19. The maximum atomic E-state index is 12.9. The molecule has 5 nitrogen and oxygen atoms in total. The molecule has 0 aliphatic heterocycles. The first-order valence-corrected chi connectivity index (χ1v) is 6.23. The second kappa shape index (κ2) is 7.28. The number of carbonyl (C=O) groups is 1. The molecule has 0 aromatic heterocycles. The van der Waals surface area contributed by atoms with E-state index in [9.17, 15) is 18.0 Å². The smallest absolute Gasteiger partial charge is 0.385 e. The second-order valence-corrected chi connectivity index (χ2v) is 4.48. The zero-order valence-electron chi connectivity index (χ0n) is 11.8. The zero-order chi connectivity index (χ0) is 16.0. The minimum absolute atomic E-state index is 0.0405. The Hall–Kier alpha value is -1.80. The van der Waals surface area contributed by atoms with E-state index < -0.39 is 17.6 Å². The van der Waals surface area contributed by atoms with Crippen molar-refractivity contribution >= 4 is 11.6 Å². The molecule has 0 fully saturated rings. The third kappa shape index (κ3) is 4.61. The second-order valence-electron chi connectivity index (χ2n) is 4.48. The zero-order valence-corrected chi connectivity index (χ0v) is 11.8. The molecule has 3 N–H and O–H groups in total. The summed E-state index contributed by atoms with van der Waals surface area (Å²) in [4.78, 5) is 13.4. The largest absolute Gasteiger partial charge is 0.418 e. The number of alkyl halides is 3. The number of hydrogen-bond acceptors (Lipinski definition) is 4. The van der Waals surface area contributed by atoms with Crippen molar-refractivity contribution in [2.75, 3.05) is 32.7 Å². The molecular formula is C13H18F3N3O2. The lowest BCUT2D eigenvalue weighted by Crippen LogP contribution is -2.29. The average molecular weight is 305 g/mol. The molecule has 21 heavy (non-hydrogen) atoms. The number of rotatable bonds is 6. The summed E-state index contributed by atoms with van der Waals surface area (Å²) in [5, 5.41) is 0. The summed E-state index contributed by atoms with van der Waals surface area (Å²) in [6.45, 7) is 0.867. The van der Waals surface area contributed by atoms with Crippen LogP contribution in [0.2, 0.25) is 0 Å². The molecule has 1 rings (SSSR count). The van der Waals surface area contributed by atoms with E-state index >= 15 is 0 Å². The molecule has 0 heterocycles. The van der Waals surface area contributed by atoms with Crippen molar-refractivity contribution in [3.05, 3.63) is 29.3 Å². The van der Waals surface area contributed by atoms with Gasteiger partial charge in [0.15, 0.2) is 0 Å². The van der Waals surface area contributed by atoms with Gasteiger partial charge in [-0.2, -0.15) is 13.2 Å². The number of benzene rings is 1. The molecule has 0 saturated heterocycles. The number of ether oxygens (including phenoxy) is 1. The molecule has 1 aromatic rings. The van der Waals surface area contributed by atoms with Crippen LogP contribution in [0.1, 0.15) is 22.3 Å². The Bertz CT molecular complexity index is 492. The molecule has 0 unspecified atom stereocenters. The summed E-state index contributed by atoms with van der Waals surface area (Å²) in [5.41, 5.74) is 0.689.